The maximum absolute atomic E-state index is 15.4. The van der Waals surface area contributed by atoms with Crippen LogP contribution in [0.5, 0.6) is 5.75 Å². The number of halogens is 3. The van der Waals surface area contributed by atoms with Crippen LogP contribution < -0.4 is 20.7 Å². The number of imide groups is 1. The Balaban J connectivity index is 1.34. The van der Waals surface area contributed by atoms with E-state index in [-0.39, 0.29) is 57.2 Å². The Morgan fingerprint density at radius 2 is 2.00 bits per heavy atom. The molecule has 2 aliphatic heterocycles. The van der Waals surface area contributed by atoms with E-state index in [2.05, 4.69) is 20.9 Å². The summed E-state index contributed by atoms with van der Waals surface area (Å²) in [5, 5.41) is 7.57. The van der Waals surface area contributed by atoms with Gasteiger partial charge in [0.1, 0.15) is 22.3 Å². The number of thiazole rings is 1. The summed E-state index contributed by atoms with van der Waals surface area (Å²) in [7, 11) is 1.40. The quantitative estimate of drug-likeness (QED) is 0.392. The summed E-state index contributed by atoms with van der Waals surface area (Å²) in [4.78, 5) is 55.1. The van der Waals surface area contributed by atoms with Crippen LogP contribution in [0.1, 0.15) is 47.6 Å². The molecule has 2 aliphatic rings. The highest BCUT2D eigenvalue weighted by molar-refractivity contribution is 7.18. The van der Waals surface area contributed by atoms with Gasteiger partial charge >= 0.3 is 6.03 Å². The number of benzene rings is 2. The molecule has 0 radical (unpaired) electrons. The number of hydrogen-bond donors (Lipinski definition) is 3. The van der Waals surface area contributed by atoms with Crippen LogP contribution in [0.2, 0.25) is 5.02 Å². The van der Waals surface area contributed by atoms with Crippen LogP contribution in [0.4, 0.5) is 19.3 Å². The fraction of sp³-hybridized carbons (Fsp3) is 0.320. The second-order valence-corrected chi connectivity index (χ2v) is 11.0. The van der Waals surface area contributed by atoms with E-state index in [1.165, 1.54) is 30.2 Å². The highest BCUT2D eigenvalue weighted by atomic mass is 35.5. The van der Waals surface area contributed by atoms with Gasteiger partial charge < -0.3 is 20.3 Å². The largest absolute Gasteiger partial charge is 0.494 e. The zero-order valence-corrected chi connectivity index (χ0v) is 22.5. The Hall–Kier alpha value is -3.84. The summed E-state index contributed by atoms with van der Waals surface area (Å²) in [5.41, 5.74) is -0.919. The van der Waals surface area contributed by atoms with Crippen molar-refractivity contribution in [2.24, 2.45) is 0 Å². The molecule has 204 valence electrons. The van der Waals surface area contributed by atoms with Crippen molar-refractivity contribution in [1.82, 2.24) is 20.5 Å². The van der Waals surface area contributed by atoms with Crippen molar-refractivity contribution in [3.63, 3.8) is 0 Å². The summed E-state index contributed by atoms with van der Waals surface area (Å²) in [6.45, 7) is 3.11. The summed E-state index contributed by atoms with van der Waals surface area (Å²) in [6, 6.07) is 2.29. The first-order valence-corrected chi connectivity index (χ1v) is 13.0. The van der Waals surface area contributed by atoms with E-state index in [9.17, 15) is 23.6 Å². The van der Waals surface area contributed by atoms with Crippen molar-refractivity contribution in [1.29, 1.82) is 0 Å². The minimum atomic E-state index is -1.11. The second kappa shape index (κ2) is 9.72. The number of urea groups is 1. The number of nitrogens with one attached hydrogen (secondary N) is 3. The molecule has 1 aromatic heterocycles. The molecule has 5 amide bonds. The molecule has 3 heterocycles. The number of hydrogen-bond acceptors (Lipinski definition) is 7. The first-order valence-electron chi connectivity index (χ1n) is 11.8. The Morgan fingerprint density at radius 3 is 2.69 bits per heavy atom. The number of carbonyl (C=O) groups is 4. The van der Waals surface area contributed by atoms with Crippen molar-refractivity contribution in [2.45, 2.75) is 44.8 Å². The average Bonchev–Trinajstić information content (AvgIpc) is 3.46. The molecule has 3 aromatic rings. The molecule has 0 saturated carbocycles. The minimum Gasteiger partial charge on any atom is -0.494 e. The van der Waals surface area contributed by atoms with E-state index in [4.69, 9.17) is 16.3 Å². The average molecular weight is 578 g/mol. The standard InChI is InChI=1S/C25H22ClF2N5O5S/c1-25(2,23-31-19-15(38-3)8-12(26)18(28)20(19)39-23)32-24(37)29-13-5-4-10-11(17(13)27)9-33(22(10)36)14-6-7-16(34)30-21(14)35/h4-5,8,14H,6-7,9H2,1-3H3,(H2,29,32,37)(H,30,34,35). The molecular weight excluding hydrogens is 556 g/mol. The molecular formula is C25H22ClF2N5O5S. The molecule has 0 aliphatic carbocycles. The summed E-state index contributed by atoms with van der Waals surface area (Å²) < 4.78 is 35.4. The number of carbonyl (C=O) groups excluding carboxylic acids is 4. The normalized spacial score (nSPS) is 17.3. The number of rotatable bonds is 5. The van der Waals surface area contributed by atoms with Gasteiger partial charge in [0.05, 0.1) is 34.6 Å². The van der Waals surface area contributed by atoms with Crippen LogP contribution in [0.25, 0.3) is 10.2 Å². The van der Waals surface area contributed by atoms with E-state index in [1.807, 2.05) is 0 Å². The van der Waals surface area contributed by atoms with Gasteiger partial charge in [0, 0.05) is 23.6 Å². The van der Waals surface area contributed by atoms with Crippen LogP contribution >= 0.6 is 22.9 Å². The number of piperidine rings is 1. The molecule has 0 bridgehead atoms. The molecule has 5 rings (SSSR count). The second-order valence-electron chi connectivity index (χ2n) is 9.63. The summed E-state index contributed by atoms with van der Waals surface area (Å²) >= 11 is 6.94. The number of amides is 5. The van der Waals surface area contributed by atoms with Gasteiger partial charge in [0.2, 0.25) is 11.8 Å². The Morgan fingerprint density at radius 1 is 1.26 bits per heavy atom. The molecule has 39 heavy (non-hydrogen) atoms. The van der Waals surface area contributed by atoms with Crippen molar-refractivity contribution in [3.8, 4) is 5.75 Å². The minimum absolute atomic E-state index is 0.0346. The number of nitrogens with zero attached hydrogens (tertiary/aromatic N) is 2. The van der Waals surface area contributed by atoms with Crippen LogP contribution in [0.15, 0.2) is 18.2 Å². The number of aromatic nitrogens is 1. The number of anilines is 1. The third-order valence-electron chi connectivity index (χ3n) is 6.61. The van der Waals surface area contributed by atoms with E-state index in [1.54, 1.807) is 13.8 Å². The predicted octanol–water partition coefficient (Wildman–Crippen LogP) is 4.05. The van der Waals surface area contributed by atoms with Gasteiger partial charge in [-0.25, -0.2) is 18.6 Å². The van der Waals surface area contributed by atoms with E-state index < -0.39 is 47.0 Å². The van der Waals surface area contributed by atoms with Crippen LogP contribution in [-0.2, 0) is 21.7 Å². The zero-order valence-electron chi connectivity index (χ0n) is 20.9. The lowest BCUT2D eigenvalue weighted by atomic mass is 10.0. The maximum Gasteiger partial charge on any atom is 0.320 e. The van der Waals surface area contributed by atoms with Gasteiger partial charge in [0.15, 0.2) is 11.6 Å². The monoisotopic (exact) mass is 577 g/mol. The third-order valence-corrected chi connectivity index (χ3v) is 8.25. The smallest absolute Gasteiger partial charge is 0.320 e. The zero-order chi connectivity index (χ0) is 28.2. The van der Waals surface area contributed by atoms with Gasteiger partial charge in [0.25, 0.3) is 5.91 Å². The fourth-order valence-corrected chi connectivity index (χ4v) is 5.93. The predicted molar refractivity (Wildman–Crippen MR) is 139 cm³/mol. The lowest BCUT2D eigenvalue weighted by Gasteiger charge is -2.29. The molecule has 1 atom stereocenters. The first-order chi connectivity index (χ1) is 18.4. The molecule has 0 spiro atoms. The molecule has 1 fully saturated rings. The molecule has 3 N–H and O–H groups in total. The van der Waals surface area contributed by atoms with Crippen molar-refractivity contribution >= 4 is 62.6 Å². The van der Waals surface area contributed by atoms with Crippen molar-refractivity contribution in [2.75, 3.05) is 12.4 Å². The topological polar surface area (TPSA) is 130 Å². The highest BCUT2D eigenvalue weighted by Crippen LogP contribution is 2.39. The first kappa shape index (κ1) is 26.8. The van der Waals surface area contributed by atoms with Gasteiger partial charge in [-0.05, 0) is 32.4 Å². The Bertz CT molecular complexity index is 1580. The van der Waals surface area contributed by atoms with Gasteiger partial charge in [-0.15, -0.1) is 11.3 Å². The van der Waals surface area contributed by atoms with Crippen molar-refractivity contribution < 1.29 is 32.7 Å². The van der Waals surface area contributed by atoms with Gasteiger partial charge in [-0.1, -0.05) is 11.6 Å². The molecule has 1 unspecified atom stereocenters. The van der Waals surface area contributed by atoms with Gasteiger partial charge in [-0.2, -0.15) is 0 Å². The SMILES string of the molecule is COc1cc(Cl)c(F)c2sc(C(C)(C)NC(=O)Nc3ccc4c(c3F)CN(C3CCC(=O)NC3=O)C4=O)nc12. The molecule has 14 heteroatoms. The maximum atomic E-state index is 15.4. The fourth-order valence-electron chi connectivity index (χ4n) is 4.61. The van der Waals surface area contributed by atoms with Crippen LogP contribution in [0.3, 0.4) is 0 Å². The number of fused-ring (bicyclic) bond motifs is 2. The summed E-state index contributed by atoms with van der Waals surface area (Å²) in [5.74, 6) is -2.76. The third kappa shape index (κ3) is 4.65. The number of ether oxygens (including phenoxy) is 1. The van der Waals surface area contributed by atoms with Crippen molar-refractivity contribution in [3.05, 3.63) is 51.0 Å². The summed E-state index contributed by atoms with van der Waals surface area (Å²) in [6.07, 6.45) is 0.214. The Kier molecular flexibility index (Phi) is 6.67. The molecule has 10 nitrogen and oxygen atoms in total. The number of methoxy groups -OCH3 is 1. The van der Waals surface area contributed by atoms with Crippen LogP contribution in [0, 0.1) is 11.6 Å². The van der Waals surface area contributed by atoms with Gasteiger partial charge in [-0.3, -0.25) is 19.7 Å². The molecule has 2 aromatic carbocycles. The van der Waals surface area contributed by atoms with Crippen LogP contribution in [-0.4, -0.2) is 46.8 Å². The van der Waals surface area contributed by atoms with E-state index in [0.29, 0.717) is 5.01 Å². The molecule has 1 saturated heterocycles. The van der Waals surface area contributed by atoms with E-state index >= 15 is 4.39 Å². The highest BCUT2D eigenvalue weighted by Gasteiger charge is 2.40. The lowest BCUT2D eigenvalue weighted by molar-refractivity contribution is -0.136. The lowest BCUT2D eigenvalue weighted by Crippen LogP contribution is -2.52. The Labute approximate surface area is 229 Å². The van der Waals surface area contributed by atoms with E-state index in [0.717, 1.165) is 11.3 Å².